The molecule has 9 nitrogen and oxygen atoms in total. The van der Waals surface area contributed by atoms with E-state index in [2.05, 4.69) is 15.4 Å². The number of hydrogen-bond acceptors (Lipinski definition) is 6. The van der Waals surface area contributed by atoms with E-state index in [9.17, 15) is 14.9 Å². The van der Waals surface area contributed by atoms with Gasteiger partial charge in [0, 0.05) is 0 Å². The third kappa shape index (κ3) is 2.70. The Hall–Kier alpha value is -2.03. The molecule has 1 atom stereocenters. The number of benzene rings is 1. The minimum absolute atomic E-state index is 0.133. The van der Waals surface area contributed by atoms with Gasteiger partial charge in [-0.1, -0.05) is 0 Å². The van der Waals surface area contributed by atoms with Gasteiger partial charge in [0.2, 0.25) is 0 Å². The number of nitrogens with two attached hydrogens (primary N) is 1. The average Bonchev–Trinajstić information content (AvgIpc) is 2.83. The number of hydrogen-bond donors (Lipinski definition) is 3. The van der Waals surface area contributed by atoms with Crippen LogP contribution in [0.1, 0.15) is 0 Å². The van der Waals surface area contributed by atoms with Crippen LogP contribution in [0.3, 0.4) is 0 Å². The van der Waals surface area contributed by atoms with E-state index in [0.29, 0.717) is 5.52 Å². The molecule has 0 aliphatic heterocycles. The number of nitro benzene ring substituents is 1. The second kappa shape index (κ2) is 5.31. The number of aromatic nitrogens is 3. The number of nitrogens with one attached hydrogen (secondary N) is 1. The van der Waals surface area contributed by atoms with Gasteiger partial charge in [0.1, 0.15) is 0 Å². The molecule has 0 saturated heterocycles. The fourth-order valence-electron chi connectivity index (χ4n) is 1.41. The summed E-state index contributed by atoms with van der Waals surface area (Å²) in [5, 5.41) is 29.8. The molecule has 19 heavy (non-hydrogen) atoms. The van der Waals surface area contributed by atoms with Gasteiger partial charge in [-0.05, 0) is 0 Å². The maximum atomic E-state index is 10.8. The van der Waals surface area contributed by atoms with Crippen molar-refractivity contribution < 1.29 is 14.8 Å². The summed E-state index contributed by atoms with van der Waals surface area (Å²) >= 11 is -0.248. The zero-order valence-corrected chi connectivity index (χ0v) is 11.2. The molecule has 2 aromatic rings. The Morgan fingerprint density at radius 2 is 2.21 bits per heavy atom. The Labute approximate surface area is 112 Å². The average molecular weight is 330 g/mol. The van der Waals surface area contributed by atoms with Crippen molar-refractivity contribution in [1.29, 1.82) is 0 Å². The van der Waals surface area contributed by atoms with Gasteiger partial charge >= 0.3 is 112 Å². The Bertz CT molecular complexity index is 643. The van der Waals surface area contributed by atoms with Gasteiger partial charge in [0.15, 0.2) is 0 Å². The normalized spacial score (nSPS) is 12.5. The van der Waals surface area contributed by atoms with Crippen LogP contribution in [0.2, 0.25) is 5.32 Å². The maximum absolute atomic E-state index is 10.8. The molecule has 0 spiro atoms. The molecule has 0 saturated carbocycles. The minimum atomic E-state index is -1.07. The van der Waals surface area contributed by atoms with Crippen LogP contribution in [0.5, 0.6) is 0 Å². The number of aromatic amines is 1. The number of rotatable bonds is 5. The Morgan fingerprint density at radius 1 is 1.53 bits per heavy atom. The van der Waals surface area contributed by atoms with Gasteiger partial charge in [-0.2, -0.15) is 0 Å². The summed E-state index contributed by atoms with van der Waals surface area (Å²) in [5.74, 6) is -1.07. The molecule has 100 valence electrons. The molecule has 0 aliphatic carbocycles. The molecule has 0 aliphatic rings. The second-order valence-corrected chi connectivity index (χ2v) is 5.84. The molecule has 0 amide bonds. The van der Waals surface area contributed by atoms with Gasteiger partial charge in [-0.25, -0.2) is 0 Å². The van der Waals surface area contributed by atoms with Crippen LogP contribution in [0.4, 0.5) is 5.69 Å². The first-order valence-corrected chi connectivity index (χ1v) is 7.16. The van der Waals surface area contributed by atoms with Gasteiger partial charge in [0.05, 0.1) is 0 Å². The molecule has 1 heterocycles. The number of fused-ring (bicyclic) bond motifs is 1. The summed E-state index contributed by atoms with van der Waals surface area (Å²) in [6.07, 6.45) is 0. The summed E-state index contributed by atoms with van der Waals surface area (Å²) in [5.41, 5.74) is 5.86. The first-order valence-electron chi connectivity index (χ1n) is 5.09. The monoisotopic (exact) mass is 331 g/mol. The van der Waals surface area contributed by atoms with E-state index >= 15 is 0 Å². The Balaban J connectivity index is 2.30. The molecule has 1 aromatic carbocycles. The van der Waals surface area contributed by atoms with Crippen LogP contribution >= 0.6 is 0 Å². The Morgan fingerprint density at radius 3 is 2.84 bits per heavy atom. The fourth-order valence-corrected chi connectivity index (χ4v) is 3.39. The van der Waals surface area contributed by atoms with Crippen LogP contribution in [-0.4, -0.2) is 52.4 Å². The van der Waals surface area contributed by atoms with E-state index in [4.69, 9.17) is 10.8 Å². The predicted molar refractivity (Wildman–Crippen MR) is 66.3 cm³/mol. The number of carbonyl (C=O) groups is 1. The van der Waals surface area contributed by atoms with Crippen molar-refractivity contribution in [2.45, 2.75) is 11.4 Å². The molecule has 0 bridgehead atoms. The number of carboxylic acid groups (broad SMARTS) is 1. The third-order valence-corrected chi connectivity index (χ3v) is 4.80. The number of non-ortho nitro benzene ring substituents is 1. The van der Waals surface area contributed by atoms with E-state index in [-0.39, 0.29) is 31.5 Å². The quantitative estimate of drug-likeness (QED) is 0.363. The van der Waals surface area contributed by atoms with Crippen molar-refractivity contribution in [3.63, 3.8) is 0 Å². The predicted octanol–water partition coefficient (Wildman–Crippen LogP) is -0.974. The standard InChI is InChI=1S/C9H9N5O4Se/c10-4(9(15)16)3-19-6-2-1-5(14(17)18)7-8(6)12-13-11-7/h1-2,4H,3,10H2,(H,15,16)(H,11,12,13). The van der Waals surface area contributed by atoms with Crippen molar-refractivity contribution in [2.24, 2.45) is 5.73 Å². The molecule has 2 rings (SSSR count). The number of carboxylic acids is 1. The third-order valence-electron chi connectivity index (χ3n) is 2.35. The molecule has 0 fully saturated rings. The zero-order chi connectivity index (χ0) is 14.0. The van der Waals surface area contributed by atoms with E-state index in [1.54, 1.807) is 6.07 Å². The summed E-state index contributed by atoms with van der Waals surface area (Å²) in [4.78, 5) is 20.9. The zero-order valence-electron chi connectivity index (χ0n) is 9.44. The van der Waals surface area contributed by atoms with Gasteiger partial charge in [-0.15, -0.1) is 0 Å². The SMILES string of the molecule is NC(C[Se]c1ccc([N+](=O)[O-])c2n[nH]nc12)C(=O)O. The first-order chi connectivity index (χ1) is 9.00. The van der Waals surface area contributed by atoms with Gasteiger partial charge < -0.3 is 0 Å². The number of nitro groups is 1. The molecular weight excluding hydrogens is 321 g/mol. The van der Waals surface area contributed by atoms with Crippen molar-refractivity contribution in [3.8, 4) is 0 Å². The van der Waals surface area contributed by atoms with Crippen molar-refractivity contribution >= 4 is 42.1 Å². The Kier molecular flexibility index (Phi) is 3.74. The van der Waals surface area contributed by atoms with Crippen LogP contribution in [0.25, 0.3) is 11.0 Å². The summed E-state index contributed by atoms with van der Waals surface area (Å²) < 4.78 is 0.735. The fraction of sp³-hybridized carbons (Fsp3) is 0.222. The van der Waals surface area contributed by atoms with E-state index in [0.717, 1.165) is 4.46 Å². The van der Waals surface area contributed by atoms with Crippen molar-refractivity contribution in [1.82, 2.24) is 15.4 Å². The number of aliphatic carboxylic acids is 1. The van der Waals surface area contributed by atoms with E-state index in [1.807, 2.05) is 0 Å². The molecule has 1 unspecified atom stereocenters. The van der Waals surface area contributed by atoms with Crippen LogP contribution in [0, 0.1) is 10.1 Å². The van der Waals surface area contributed by atoms with E-state index < -0.39 is 16.9 Å². The molecule has 0 radical (unpaired) electrons. The summed E-state index contributed by atoms with van der Waals surface area (Å²) in [6, 6.07) is 1.96. The summed E-state index contributed by atoms with van der Waals surface area (Å²) in [7, 11) is 0. The first kappa shape index (κ1) is 13.4. The van der Waals surface area contributed by atoms with Crippen LogP contribution in [-0.2, 0) is 4.79 Å². The van der Waals surface area contributed by atoms with Crippen molar-refractivity contribution in [3.05, 3.63) is 22.2 Å². The molecule has 10 heteroatoms. The van der Waals surface area contributed by atoms with Crippen LogP contribution < -0.4 is 10.2 Å². The van der Waals surface area contributed by atoms with E-state index in [1.165, 1.54) is 6.07 Å². The molecular formula is C9H9N5O4Se. The summed E-state index contributed by atoms with van der Waals surface area (Å²) in [6.45, 7) is 0. The topological polar surface area (TPSA) is 148 Å². The van der Waals surface area contributed by atoms with Gasteiger partial charge in [0.25, 0.3) is 0 Å². The molecule has 4 N–H and O–H groups in total. The number of nitrogens with zero attached hydrogens (tertiary/aromatic N) is 3. The van der Waals surface area contributed by atoms with Gasteiger partial charge in [-0.3, -0.25) is 0 Å². The second-order valence-electron chi connectivity index (χ2n) is 3.62. The molecule has 1 aromatic heterocycles. The van der Waals surface area contributed by atoms with Crippen molar-refractivity contribution in [2.75, 3.05) is 0 Å². The number of H-pyrrole nitrogens is 1. The van der Waals surface area contributed by atoms with Crippen LogP contribution in [0.15, 0.2) is 12.1 Å².